The average molecular weight is 307 g/mol. The number of benzene rings is 1. The van der Waals surface area contributed by atoms with Crippen LogP contribution >= 0.6 is 23.4 Å². The average Bonchev–Trinajstić information content (AvgIpc) is 2.48. The quantitative estimate of drug-likeness (QED) is 0.859. The van der Waals surface area contributed by atoms with E-state index in [1.54, 1.807) is 12.4 Å². The molecule has 3 nitrogen and oxygen atoms in total. The number of hydrogen-bond acceptors (Lipinski definition) is 3. The molecule has 0 spiro atoms. The second kappa shape index (κ2) is 7.31. The fraction of sp³-hybridized carbons (Fsp3) is 0.200. The summed E-state index contributed by atoms with van der Waals surface area (Å²) in [4.78, 5) is 17.1. The van der Waals surface area contributed by atoms with E-state index in [1.165, 1.54) is 11.8 Å². The Morgan fingerprint density at radius 1 is 1.35 bits per heavy atom. The lowest BCUT2D eigenvalue weighted by Crippen LogP contribution is -2.30. The van der Waals surface area contributed by atoms with Crippen LogP contribution in [0.25, 0.3) is 0 Å². The minimum absolute atomic E-state index is 0.00815. The number of nitrogens with one attached hydrogen (secondary N) is 1. The van der Waals surface area contributed by atoms with E-state index < -0.39 is 0 Å². The lowest BCUT2D eigenvalue weighted by molar-refractivity contribution is -0.120. The third kappa shape index (κ3) is 4.54. The van der Waals surface area contributed by atoms with Crippen LogP contribution in [0.4, 0.5) is 0 Å². The zero-order chi connectivity index (χ0) is 14.4. The van der Waals surface area contributed by atoms with Gasteiger partial charge >= 0.3 is 0 Å². The van der Waals surface area contributed by atoms with Crippen molar-refractivity contribution in [2.45, 2.75) is 23.6 Å². The van der Waals surface area contributed by atoms with Gasteiger partial charge < -0.3 is 5.32 Å². The predicted molar refractivity (Wildman–Crippen MR) is 82.9 cm³/mol. The van der Waals surface area contributed by atoms with Gasteiger partial charge in [0.1, 0.15) is 0 Å². The van der Waals surface area contributed by atoms with Gasteiger partial charge in [-0.2, -0.15) is 0 Å². The van der Waals surface area contributed by atoms with Gasteiger partial charge in [0.15, 0.2) is 0 Å². The van der Waals surface area contributed by atoms with Crippen molar-refractivity contribution in [3.05, 3.63) is 59.4 Å². The van der Waals surface area contributed by atoms with Crippen molar-refractivity contribution in [2.75, 3.05) is 0 Å². The van der Waals surface area contributed by atoms with E-state index in [4.69, 9.17) is 11.6 Å². The number of rotatable bonds is 5. The monoisotopic (exact) mass is 306 g/mol. The summed E-state index contributed by atoms with van der Waals surface area (Å²) in [5.41, 5.74) is 0.990. The molecule has 0 unspecified atom stereocenters. The Kier molecular flexibility index (Phi) is 5.44. The highest BCUT2D eigenvalue weighted by atomic mass is 35.5. The molecule has 1 N–H and O–H groups in total. The molecule has 0 radical (unpaired) electrons. The summed E-state index contributed by atoms with van der Waals surface area (Å²) >= 11 is 7.34. The molecular weight excluding hydrogens is 292 g/mol. The number of hydrogen-bond donors (Lipinski definition) is 1. The van der Waals surface area contributed by atoms with Crippen LogP contribution in [-0.2, 0) is 11.3 Å². The van der Waals surface area contributed by atoms with Gasteiger partial charge in [0.2, 0.25) is 5.91 Å². The van der Waals surface area contributed by atoms with E-state index in [9.17, 15) is 4.79 Å². The van der Waals surface area contributed by atoms with E-state index in [-0.39, 0.29) is 11.2 Å². The highest BCUT2D eigenvalue weighted by Gasteiger charge is 2.13. The first-order valence-corrected chi connectivity index (χ1v) is 7.50. The van der Waals surface area contributed by atoms with Crippen LogP contribution in [0.1, 0.15) is 12.5 Å². The van der Waals surface area contributed by atoms with E-state index in [0.29, 0.717) is 11.6 Å². The number of thioether (sulfide) groups is 1. The van der Waals surface area contributed by atoms with Crippen molar-refractivity contribution >= 4 is 29.3 Å². The number of carbonyl (C=O) groups excluding carboxylic acids is 1. The topological polar surface area (TPSA) is 42.0 Å². The first-order valence-electron chi connectivity index (χ1n) is 6.24. The van der Waals surface area contributed by atoms with Gasteiger partial charge in [-0.05, 0) is 42.8 Å². The Balaban J connectivity index is 1.84. The molecule has 0 aliphatic rings. The van der Waals surface area contributed by atoms with E-state index in [0.717, 1.165) is 10.5 Å². The van der Waals surface area contributed by atoms with E-state index >= 15 is 0 Å². The van der Waals surface area contributed by atoms with Crippen molar-refractivity contribution in [1.82, 2.24) is 10.3 Å². The molecule has 0 bridgehead atoms. The predicted octanol–water partition coefficient (Wildman–Crippen LogP) is 3.53. The lowest BCUT2D eigenvalue weighted by atomic mass is 10.3. The molecule has 104 valence electrons. The van der Waals surface area contributed by atoms with Crippen LogP contribution in [0.5, 0.6) is 0 Å². The second-order valence-corrected chi connectivity index (χ2v) is 6.14. The van der Waals surface area contributed by atoms with Crippen LogP contribution in [0.15, 0.2) is 53.7 Å². The van der Waals surface area contributed by atoms with Gasteiger partial charge in [-0.25, -0.2) is 0 Å². The molecule has 0 saturated heterocycles. The zero-order valence-corrected chi connectivity index (χ0v) is 12.6. The van der Waals surface area contributed by atoms with Gasteiger partial charge in [-0.3, -0.25) is 9.78 Å². The maximum Gasteiger partial charge on any atom is 0.233 e. The first kappa shape index (κ1) is 14.9. The molecule has 5 heteroatoms. The van der Waals surface area contributed by atoms with Crippen LogP contribution in [0.2, 0.25) is 5.02 Å². The Morgan fingerprint density at radius 2 is 2.10 bits per heavy atom. The fourth-order valence-electron chi connectivity index (χ4n) is 1.61. The largest absolute Gasteiger partial charge is 0.351 e. The van der Waals surface area contributed by atoms with Crippen LogP contribution in [-0.4, -0.2) is 16.1 Å². The molecule has 2 rings (SSSR count). The molecule has 1 heterocycles. The molecule has 0 saturated carbocycles. The number of carbonyl (C=O) groups is 1. The molecule has 2 aromatic rings. The van der Waals surface area contributed by atoms with Gasteiger partial charge in [0, 0.05) is 28.9 Å². The van der Waals surface area contributed by atoms with E-state index in [2.05, 4.69) is 10.3 Å². The molecule has 0 fully saturated rings. The molecule has 1 aromatic heterocycles. The molecular formula is C15H15ClN2OS. The third-order valence-electron chi connectivity index (χ3n) is 2.69. The molecule has 0 aliphatic carbocycles. The Labute approximate surface area is 127 Å². The van der Waals surface area contributed by atoms with Crippen molar-refractivity contribution in [2.24, 2.45) is 0 Å². The van der Waals surface area contributed by atoms with Crippen molar-refractivity contribution < 1.29 is 4.79 Å². The summed E-state index contributed by atoms with van der Waals surface area (Å²) in [5, 5.41) is 3.44. The van der Waals surface area contributed by atoms with Gasteiger partial charge in [0.25, 0.3) is 0 Å². The summed E-state index contributed by atoms with van der Waals surface area (Å²) in [6.07, 6.45) is 3.46. The number of halogens is 1. The van der Waals surface area contributed by atoms with Crippen molar-refractivity contribution in [1.29, 1.82) is 0 Å². The van der Waals surface area contributed by atoms with Crippen molar-refractivity contribution in [3.8, 4) is 0 Å². The number of aromatic nitrogens is 1. The Hall–Kier alpha value is -1.52. The maximum atomic E-state index is 12.0. The minimum atomic E-state index is -0.159. The van der Waals surface area contributed by atoms with E-state index in [1.807, 2.05) is 43.3 Å². The lowest BCUT2D eigenvalue weighted by Gasteiger charge is -2.12. The summed E-state index contributed by atoms with van der Waals surface area (Å²) < 4.78 is 0. The molecule has 1 atom stereocenters. The van der Waals surface area contributed by atoms with Gasteiger partial charge in [0.05, 0.1) is 5.25 Å². The summed E-state index contributed by atoms with van der Waals surface area (Å²) in [7, 11) is 0. The minimum Gasteiger partial charge on any atom is -0.351 e. The SMILES string of the molecule is C[C@@H](Sc1ccc(Cl)cc1)C(=O)NCc1cccnc1. The van der Waals surface area contributed by atoms with Crippen molar-refractivity contribution in [3.63, 3.8) is 0 Å². The molecule has 1 amide bonds. The maximum absolute atomic E-state index is 12.0. The van der Waals surface area contributed by atoms with Crippen LogP contribution in [0, 0.1) is 0 Å². The third-order valence-corrected chi connectivity index (χ3v) is 4.05. The smallest absolute Gasteiger partial charge is 0.233 e. The molecule has 20 heavy (non-hydrogen) atoms. The Morgan fingerprint density at radius 3 is 2.75 bits per heavy atom. The summed E-state index contributed by atoms with van der Waals surface area (Å²) in [6, 6.07) is 11.3. The normalized spacial score (nSPS) is 11.9. The summed E-state index contributed by atoms with van der Waals surface area (Å²) in [5.74, 6) is 0.00815. The second-order valence-electron chi connectivity index (χ2n) is 4.29. The number of pyridine rings is 1. The fourth-order valence-corrected chi connectivity index (χ4v) is 2.62. The Bertz CT molecular complexity index is 560. The van der Waals surface area contributed by atoms with Crippen LogP contribution < -0.4 is 5.32 Å². The summed E-state index contributed by atoms with van der Waals surface area (Å²) in [6.45, 7) is 2.38. The molecule has 1 aromatic carbocycles. The van der Waals surface area contributed by atoms with Gasteiger partial charge in [-0.15, -0.1) is 11.8 Å². The molecule has 0 aliphatic heterocycles. The number of amides is 1. The zero-order valence-electron chi connectivity index (χ0n) is 11.0. The number of nitrogens with zero attached hydrogens (tertiary/aromatic N) is 1. The van der Waals surface area contributed by atoms with Crippen LogP contribution in [0.3, 0.4) is 0 Å². The highest BCUT2D eigenvalue weighted by molar-refractivity contribution is 8.00. The standard InChI is InChI=1S/C15H15ClN2OS/c1-11(20-14-6-4-13(16)5-7-14)15(19)18-10-12-3-2-8-17-9-12/h2-9,11H,10H2,1H3,(H,18,19)/t11-/m1/s1. The van der Waals surface area contributed by atoms with Gasteiger partial charge in [-0.1, -0.05) is 17.7 Å². The first-order chi connectivity index (χ1) is 9.65. The highest BCUT2D eigenvalue weighted by Crippen LogP contribution is 2.24.